The van der Waals surface area contributed by atoms with Crippen molar-refractivity contribution in [1.82, 2.24) is 16.0 Å². The molecule has 0 aliphatic carbocycles. The SMILES string of the molecule is CC(C)[C@H](NC(=O)OCc1ccccc1)C(=O)N[C@@H](C)C(=O)N[C@H](CC(=O)O)C(=O)CF. The Morgan fingerprint density at radius 1 is 0.969 bits per heavy atom. The van der Waals surface area contributed by atoms with Crippen LogP contribution in [0.25, 0.3) is 0 Å². The van der Waals surface area contributed by atoms with Gasteiger partial charge >= 0.3 is 12.1 Å². The van der Waals surface area contributed by atoms with E-state index in [1.807, 2.05) is 6.07 Å². The lowest BCUT2D eigenvalue weighted by atomic mass is 10.0. The Balaban J connectivity index is 2.67. The van der Waals surface area contributed by atoms with Crippen LogP contribution in [0.3, 0.4) is 0 Å². The van der Waals surface area contributed by atoms with E-state index in [4.69, 9.17) is 9.84 Å². The summed E-state index contributed by atoms with van der Waals surface area (Å²) < 4.78 is 17.7. The minimum Gasteiger partial charge on any atom is -0.481 e. The second-order valence-corrected chi connectivity index (χ2v) is 7.42. The summed E-state index contributed by atoms with van der Waals surface area (Å²) in [7, 11) is 0. The number of alkyl carbamates (subject to hydrolysis) is 1. The zero-order valence-corrected chi connectivity index (χ0v) is 18.1. The highest BCUT2D eigenvalue weighted by atomic mass is 19.1. The van der Waals surface area contributed by atoms with Crippen LogP contribution in [0.5, 0.6) is 0 Å². The first-order chi connectivity index (χ1) is 15.0. The van der Waals surface area contributed by atoms with Crippen molar-refractivity contribution in [1.29, 1.82) is 0 Å². The fourth-order valence-electron chi connectivity index (χ4n) is 2.61. The number of ether oxygens (including phenoxy) is 1. The van der Waals surface area contributed by atoms with Crippen LogP contribution in [0.1, 0.15) is 32.8 Å². The molecule has 0 fully saturated rings. The Hall–Kier alpha value is -3.50. The van der Waals surface area contributed by atoms with E-state index in [1.54, 1.807) is 38.1 Å². The Morgan fingerprint density at radius 2 is 1.59 bits per heavy atom. The summed E-state index contributed by atoms with van der Waals surface area (Å²) in [6.45, 7) is 3.22. The lowest BCUT2D eigenvalue weighted by molar-refractivity contribution is -0.140. The normalized spacial score (nSPS) is 13.4. The van der Waals surface area contributed by atoms with E-state index < -0.39 is 60.9 Å². The fourth-order valence-corrected chi connectivity index (χ4v) is 2.61. The standard InChI is InChI=1S/C21H28FN3O7/c1-12(2)18(25-21(31)32-11-14-7-5-4-6-8-14)20(30)23-13(3)19(29)24-15(9-17(27)28)16(26)10-22/h4-8,12-13,15,18H,9-11H2,1-3H3,(H,23,30)(H,24,29)(H,25,31)(H,27,28)/t13-,15+,18-/m0/s1. The molecule has 11 heteroatoms. The smallest absolute Gasteiger partial charge is 0.408 e. The molecular weight excluding hydrogens is 425 g/mol. The number of halogens is 1. The maximum atomic E-state index is 12.6. The summed E-state index contributed by atoms with van der Waals surface area (Å²) in [5.74, 6) is -4.41. The predicted octanol–water partition coefficient (Wildman–Crippen LogP) is 0.940. The number of ketones is 1. The van der Waals surface area contributed by atoms with Crippen molar-refractivity contribution in [2.45, 2.75) is 51.9 Å². The van der Waals surface area contributed by atoms with Crippen molar-refractivity contribution in [3.63, 3.8) is 0 Å². The van der Waals surface area contributed by atoms with Gasteiger partial charge in [-0.15, -0.1) is 0 Å². The molecule has 4 N–H and O–H groups in total. The van der Waals surface area contributed by atoms with Gasteiger partial charge in [0.2, 0.25) is 11.8 Å². The van der Waals surface area contributed by atoms with Gasteiger partial charge in [-0.1, -0.05) is 44.2 Å². The second-order valence-electron chi connectivity index (χ2n) is 7.42. The van der Waals surface area contributed by atoms with E-state index in [0.717, 1.165) is 5.56 Å². The van der Waals surface area contributed by atoms with Crippen molar-refractivity contribution in [3.05, 3.63) is 35.9 Å². The number of alkyl halides is 1. The average molecular weight is 453 g/mol. The number of carboxylic acid groups (broad SMARTS) is 1. The van der Waals surface area contributed by atoms with E-state index >= 15 is 0 Å². The zero-order valence-electron chi connectivity index (χ0n) is 18.1. The molecule has 10 nitrogen and oxygen atoms in total. The Bertz CT molecular complexity index is 817. The third-order valence-corrected chi connectivity index (χ3v) is 4.40. The number of carbonyl (C=O) groups excluding carboxylic acids is 4. The third kappa shape index (κ3) is 9.11. The van der Waals surface area contributed by atoms with Crippen LogP contribution in [-0.4, -0.2) is 59.6 Å². The summed E-state index contributed by atoms with van der Waals surface area (Å²) in [6.07, 6.45) is -1.62. The molecule has 1 rings (SSSR count). The second kappa shape index (κ2) is 13.0. The molecule has 0 saturated heterocycles. The molecule has 0 spiro atoms. The minimum absolute atomic E-state index is 0.00544. The highest BCUT2D eigenvalue weighted by Crippen LogP contribution is 2.06. The molecule has 0 aliphatic heterocycles. The molecule has 3 amide bonds. The van der Waals surface area contributed by atoms with Gasteiger partial charge in [0.25, 0.3) is 0 Å². The summed E-state index contributed by atoms with van der Waals surface area (Å²) >= 11 is 0. The largest absolute Gasteiger partial charge is 0.481 e. The van der Waals surface area contributed by atoms with Crippen molar-refractivity contribution in [3.8, 4) is 0 Å². The van der Waals surface area contributed by atoms with Crippen molar-refractivity contribution in [2.24, 2.45) is 5.92 Å². The molecular formula is C21H28FN3O7. The first kappa shape index (κ1) is 26.5. The Labute approximate surface area is 184 Å². The van der Waals surface area contributed by atoms with Crippen LogP contribution >= 0.6 is 0 Å². The molecule has 0 radical (unpaired) electrons. The van der Waals surface area contributed by atoms with Crippen LogP contribution in [0, 0.1) is 5.92 Å². The van der Waals surface area contributed by atoms with Crippen LogP contribution in [-0.2, 0) is 30.5 Å². The Kier molecular flexibility index (Phi) is 10.8. The maximum absolute atomic E-state index is 12.6. The van der Waals surface area contributed by atoms with E-state index in [9.17, 15) is 28.4 Å². The van der Waals surface area contributed by atoms with E-state index in [-0.39, 0.29) is 12.5 Å². The van der Waals surface area contributed by atoms with Crippen LogP contribution < -0.4 is 16.0 Å². The Morgan fingerprint density at radius 3 is 2.12 bits per heavy atom. The van der Waals surface area contributed by atoms with Gasteiger partial charge in [0.05, 0.1) is 6.42 Å². The van der Waals surface area contributed by atoms with Gasteiger partial charge in [-0.2, -0.15) is 0 Å². The number of hydrogen-bond acceptors (Lipinski definition) is 6. The van der Waals surface area contributed by atoms with Crippen LogP contribution in [0.2, 0.25) is 0 Å². The van der Waals surface area contributed by atoms with E-state index in [1.165, 1.54) is 6.92 Å². The van der Waals surface area contributed by atoms with Gasteiger partial charge < -0.3 is 25.8 Å². The van der Waals surface area contributed by atoms with Crippen molar-refractivity contribution < 1.29 is 38.2 Å². The van der Waals surface area contributed by atoms with Gasteiger partial charge in [0, 0.05) is 0 Å². The van der Waals surface area contributed by atoms with E-state index in [0.29, 0.717) is 0 Å². The molecule has 1 aromatic rings. The molecule has 0 aliphatic rings. The van der Waals surface area contributed by atoms with Crippen molar-refractivity contribution >= 4 is 29.7 Å². The van der Waals surface area contributed by atoms with Gasteiger partial charge in [-0.05, 0) is 18.4 Å². The quantitative estimate of drug-likeness (QED) is 0.368. The first-order valence-electron chi connectivity index (χ1n) is 9.93. The van der Waals surface area contributed by atoms with Crippen molar-refractivity contribution in [2.75, 3.05) is 6.67 Å². The highest BCUT2D eigenvalue weighted by molar-refractivity contribution is 5.95. The molecule has 0 bridgehead atoms. The number of benzene rings is 1. The van der Waals surface area contributed by atoms with Crippen LogP contribution in [0.4, 0.5) is 9.18 Å². The fraction of sp³-hybridized carbons (Fsp3) is 0.476. The zero-order chi connectivity index (χ0) is 24.3. The van der Waals surface area contributed by atoms with Gasteiger partial charge in [-0.3, -0.25) is 19.2 Å². The average Bonchev–Trinajstić information content (AvgIpc) is 2.74. The lowest BCUT2D eigenvalue weighted by Gasteiger charge is -2.24. The number of carbonyl (C=O) groups is 5. The number of Topliss-reactive ketones (excluding diaryl/α,β-unsaturated/α-hetero) is 1. The summed E-state index contributed by atoms with van der Waals surface area (Å²) in [5.41, 5.74) is 0.761. The highest BCUT2D eigenvalue weighted by Gasteiger charge is 2.30. The van der Waals surface area contributed by atoms with Gasteiger partial charge in [0.1, 0.15) is 31.4 Å². The number of nitrogens with one attached hydrogen (secondary N) is 3. The predicted molar refractivity (Wildman–Crippen MR) is 111 cm³/mol. The maximum Gasteiger partial charge on any atom is 0.408 e. The topological polar surface area (TPSA) is 151 Å². The van der Waals surface area contributed by atoms with Gasteiger partial charge in [0.15, 0.2) is 5.78 Å². The summed E-state index contributed by atoms with van der Waals surface area (Å²) in [6, 6.07) is 5.15. The molecule has 0 aromatic heterocycles. The van der Waals surface area contributed by atoms with Crippen LogP contribution in [0.15, 0.2) is 30.3 Å². The number of hydrogen-bond donors (Lipinski definition) is 4. The number of amides is 3. The lowest BCUT2D eigenvalue weighted by Crippen LogP contribution is -2.56. The third-order valence-electron chi connectivity index (χ3n) is 4.40. The molecule has 0 saturated carbocycles. The number of rotatable bonds is 12. The molecule has 3 atom stereocenters. The monoisotopic (exact) mass is 453 g/mol. The summed E-state index contributed by atoms with van der Waals surface area (Å²) in [5, 5.41) is 15.7. The van der Waals surface area contributed by atoms with Gasteiger partial charge in [-0.25, -0.2) is 9.18 Å². The van der Waals surface area contributed by atoms with E-state index in [2.05, 4.69) is 16.0 Å². The molecule has 176 valence electrons. The molecule has 0 unspecified atom stereocenters. The summed E-state index contributed by atoms with van der Waals surface area (Å²) in [4.78, 5) is 59.3. The number of aliphatic carboxylic acids is 1. The molecule has 1 aromatic carbocycles. The number of carboxylic acids is 1. The first-order valence-corrected chi connectivity index (χ1v) is 9.93. The molecule has 32 heavy (non-hydrogen) atoms. The minimum atomic E-state index is -1.56. The molecule has 0 heterocycles.